The van der Waals surface area contributed by atoms with E-state index in [1.165, 1.54) is 7.11 Å². The number of para-hydroxylation sites is 1. The summed E-state index contributed by atoms with van der Waals surface area (Å²) in [6.45, 7) is 0. The number of ether oxygens (including phenoxy) is 2. The van der Waals surface area contributed by atoms with Crippen LogP contribution in [-0.2, 0) is 4.74 Å². The number of hydrogen-bond donors (Lipinski definition) is 1. The zero-order valence-corrected chi connectivity index (χ0v) is 13.7. The van der Waals surface area contributed by atoms with Gasteiger partial charge in [0.15, 0.2) is 0 Å². The van der Waals surface area contributed by atoms with Crippen LogP contribution in [0, 0.1) is 0 Å². The van der Waals surface area contributed by atoms with E-state index in [-0.39, 0.29) is 11.9 Å². The van der Waals surface area contributed by atoms with Crippen molar-refractivity contribution in [3.63, 3.8) is 0 Å². The third-order valence-corrected chi connectivity index (χ3v) is 4.48. The fourth-order valence-corrected chi connectivity index (χ4v) is 3.36. The molecule has 2 N–H and O–H groups in total. The van der Waals surface area contributed by atoms with Gasteiger partial charge < -0.3 is 15.2 Å². The molecule has 4 heteroatoms. The van der Waals surface area contributed by atoms with Crippen molar-refractivity contribution in [3.8, 4) is 11.5 Å². The van der Waals surface area contributed by atoms with E-state index in [4.69, 9.17) is 15.2 Å². The molecule has 0 saturated carbocycles. The highest BCUT2D eigenvalue weighted by molar-refractivity contribution is 5.92. The largest absolute Gasteiger partial charge is 0.465 e. The third kappa shape index (κ3) is 2.52. The molecule has 3 aromatic carbocycles. The number of benzene rings is 3. The number of esters is 1. The van der Waals surface area contributed by atoms with Gasteiger partial charge in [0, 0.05) is 28.8 Å². The summed E-state index contributed by atoms with van der Waals surface area (Å²) >= 11 is 0. The Kier molecular flexibility index (Phi) is 3.65. The first-order valence-corrected chi connectivity index (χ1v) is 8.02. The van der Waals surface area contributed by atoms with Gasteiger partial charge in [0.2, 0.25) is 0 Å². The van der Waals surface area contributed by atoms with Crippen LogP contribution in [0.5, 0.6) is 11.5 Å². The van der Waals surface area contributed by atoms with Crippen molar-refractivity contribution in [2.24, 2.45) is 0 Å². The summed E-state index contributed by atoms with van der Waals surface area (Å²) in [6, 6.07) is 21.0. The molecular formula is C21H17NO3. The summed E-state index contributed by atoms with van der Waals surface area (Å²) in [5.41, 5.74) is 9.99. The molecule has 0 saturated heterocycles. The molecule has 1 aliphatic rings. The predicted molar refractivity (Wildman–Crippen MR) is 96.1 cm³/mol. The number of anilines is 1. The molecule has 3 aromatic rings. The van der Waals surface area contributed by atoms with Gasteiger partial charge in [0.25, 0.3) is 0 Å². The van der Waals surface area contributed by atoms with Gasteiger partial charge in [-0.1, -0.05) is 42.5 Å². The Morgan fingerprint density at radius 2 is 1.60 bits per heavy atom. The van der Waals surface area contributed by atoms with E-state index in [1.807, 2.05) is 60.7 Å². The number of nitrogen functional groups attached to an aromatic ring is 1. The van der Waals surface area contributed by atoms with Crippen LogP contribution >= 0.6 is 0 Å². The fourth-order valence-electron chi connectivity index (χ4n) is 3.36. The smallest absolute Gasteiger partial charge is 0.338 e. The Bertz CT molecular complexity index is 965. The lowest BCUT2D eigenvalue weighted by Gasteiger charge is -2.29. The molecule has 0 aromatic heterocycles. The maximum atomic E-state index is 12.3. The molecule has 1 aliphatic heterocycles. The number of fused-ring (bicyclic) bond motifs is 2. The number of carbonyl (C=O) groups is 1. The second-order valence-electron chi connectivity index (χ2n) is 5.95. The first-order chi connectivity index (χ1) is 12.2. The molecule has 1 unspecified atom stereocenters. The molecule has 124 valence electrons. The van der Waals surface area contributed by atoms with Gasteiger partial charge in [-0.3, -0.25) is 0 Å². The highest BCUT2D eigenvalue weighted by Crippen LogP contribution is 2.48. The van der Waals surface area contributed by atoms with Gasteiger partial charge in [-0.25, -0.2) is 4.79 Å². The number of hydrogen-bond acceptors (Lipinski definition) is 4. The maximum absolute atomic E-state index is 12.3. The van der Waals surface area contributed by atoms with E-state index in [9.17, 15) is 4.79 Å². The van der Waals surface area contributed by atoms with Crippen LogP contribution in [0.15, 0.2) is 66.7 Å². The summed E-state index contributed by atoms with van der Waals surface area (Å²) in [6.07, 6.45) is 0. The second kappa shape index (κ2) is 5.98. The van der Waals surface area contributed by atoms with Gasteiger partial charge in [-0.05, 0) is 23.8 Å². The molecule has 0 fully saturated rings. The summed E-state index contributed by atoms with van der Waals surface area (Å²) in [7, 11) is 1.39. The molecule has 0 amide bonds. The number of carbonyl (C=O) groups excluding carboxylic acids is 1. The highest BCUT2D eigenvalue weighted by atomic mass is 16.5. The van der Waals surface area contributed by atoms with E-state index in [1.54, 1.807) is 6.07 Å². The van der Waals surface area contributed by atoms with Crippen molar-refractivity contribution in [2.75, 3.05) is 12.8 Å². The molecular weight excluding hydrogens is 314 g/mol. The summed E-state index contributed by atoms with van der Waals surface area (Å²) in [5, 5.41) is 0. The number of nitrogens with two attached hydrogens (primary N) is 1. The first kappa shape index (κ1) is 15.3. The Morgan fingerprint density at radius 1 is 0.920 bits per heavy atom. The zero-order valence-electron chi connectivity index (χ0n) is 13.7. The second-order valence-corrected chi connectivity index (χ2v) is 5.95. The van der Waals surface area contributed by atoms with Crippen molar-refractivity contribution >= 4 is 11.7 Å². The van der Waals surface area contributed by atoms with Crippen LogP contribution in [-0.4, -0.2) is 13.1 Å². The molecule has 0 spiro atoms. The van der Waals surface area contributed by atoms with Crippen molar-refractivity contribution < 1.29 is 14.3 Å². The lowest BCUT2D eigenvalue weighted by molar-refractivity contribution is 0.0599. The van der Waals surface area contributed by atoms with Crippen LogP contribution < -0.4 is 10.5 Å². The number of methoxy groups -OCH3 is 1. The van der Waals surface area contributed by atoms with Crippen molar-refractivity contribution in [1.82, 2.24) is 0 Å². The van der Waals surface area contributed by atoms with E-state index in [2.05, 4.69) is 0 Å². The normalized spacial score (nSPS) is 14.8. The minimum Gasteiger partial charge on any atom is -0.465 e. The minimum absolute atomic E-state index is 0.129. The topological polar surface area (TPSA) is 61.5 Å². The minimum atomic E-state index is -0.350. The lowest BCUT2D eigenvalue weighted by Crippen LogP contribution is -2.15. The molecule has 0 bridgehead atoms. The van der Waals surface area contributed by atoms with Crippen LogP contribution in [0.25, 0.3) is 0 Å². The van der Waals surface area contributed by atoms with Gasteiger partial charge in [-0.15, -0.1) is 0 Å². The molecule has 4 nitrogen and oxygen atoms in total. The maximum Gasteiger partial charge on any atom is 0.338 e. The van der Waals surface area contributed by atoms with Gasteiger partial charge in [0.1, 0.15) is 11.5 Å². The Hall–Kier alpha value is -3.27. The van der Waals surface area contributed by atoms with Gasteiger partial charge in [0.05, 0.1) is 12.7 Å². The SMILES string of the molecule is COC(=O)c1ccccc1C1c2ccccc2Oc2cc(N)ccc21. The van der Waals surface area contributed by atoms with E-state index >= 15 is 0 Å². The first-order valence-electron chi connectivity index (χ1n) is 8.02. The van der Waals surface area contributed by atoms with E-state index in [0.29, 0.717) is 17.0 Å². The molecule has 1 atom stereocenters. The quantitative estimate of drug-likeness (QED) is 0.438. The monoisotopic (exact) mass is 331 g/mol. The van der Waals surface area contributed by atoms with Crippen LogP contribution in [0.1, 0.15) is 33.0 Å². The highest BCUT2D eigenvalue weighted by Gasteiger charge is 2.31. The predicted octanol–water partition coefficient (Wildman–Crippen LogP) is 4.34. The van der Waals surface area contributed by atoms with Crippen LogP contribution in [0.3, 0.4) is 0 Å². The Balaban J connectivity index is 1.98. The molecule has 0 aliphatic carbocycles. The van der Waals surface area contributed by atoms with Crippen molar-refractivity contribution in [3.05, 3.63) is 89.0 Å². The molecule has 0 radical (unpaired) electrons. The average Bonchev–Trinajstić information content (AvgIpc) is 2.65. The number of rotatable bonds is 2. The standard InChI is InChI=1S/C21H17NO3/c1-24-21(23)15-7-3-2-6-14(15)20-16-8-4-5-9-18(16)25-19-12-13(22)10-11-17(19)20/h2-12,20H,22H2,1H3. The van der Waals surface area contributed by atoms with E-state index in [0.717, 1.165) is 22.4 Å². The summed E-state index contributed by atoms with van der Waals surface area (Å²) < 4.78 is 11.0. The zero-order chi connectivity index (χ0) is 17.4. The van der Waals surface area contributed by atoms with Crippen LogP contribution in [0.4, 0.5) is 5.69 Å². The summed E-state index contributed by atoms with van der Waals surface area (Å²) in [5.74, 6) is 1.00. The van der Waals surface area contributed by atoms with Crippen molar-refractivity contribution in [2.45, 2.75) is 5.92 Å². The summed E-state index contributed by atoms with van der Waals surface area (Å²) in [4.78, 5) is 12.3. The molecule has 1 heterocycles. The van der Waals surface area contributed by atoms with Gasteiger partial charge >= 0.3 is 5.97 Å². The molecule has 25 heavy (non-hydrogen) atoms. The van der Waals surface area contributed by atoms with Crippen LogP contribution in [0.2, 0.25) is 0 Å². The lowest BCUT2D eigenvalue weighted by atomic mass is 9.80. The molecule has 4 rings (SSSR count). The van der Waals surface area contributed by atoms with Crippen molar-refractivity contribution in [1.29, 1.82) is 0 Å². The van der Waals surface area contributed by atoms with E-state index < -0.39 is 0 Å². The Labute approximate surface area is 145 Å². The Morgan fingerprint density at radius 3 is 2.40 bits per heavy atom. The fraction of sp³-hybridized carbons (Fsp3) is 0.0952. The van der Waals surface area contributed by atoms with Gasteiger partial charge in [-0.2, -0.15) is 0 Å². The third-order valence-electron chi connectivity index (χ3n) is 4.48. The average molecular weight is 331 g/mol.